The van der Waals surface area contributed by atoms with Gasteiger partial charge >= 0.3 is 0 Å². The lowest BCUT2D eigenvalue weighted by molar-refractivity contribution is -0.169. The molecule has 2 aromatic carbocycles. The van der Waals surface area contributed by atoms with Crippen molar-refractivity contribution in [3.63, 3.8) is 0 Å². The van der Waals surface area contributed by atoms with Crippen LogP contribution in [0.15, 0.2) is 68.9 Å². The predicted octanol–water partition coefficient (Wildman–Crippen LogP) is 4.17. The molecule has 2 aliphatic heterocycles. The lowest BCUT2D eigenvalue weighted by atomic mass is 10.0. The summed E-state index contributed by atoms with van der Waals surface area (Å²) in [7, 11) is -3.88. The molecule has 1 spiro atoms. The number of halogens is 1. The van der Waals surface area contributed by atoms with Crippen LogP contribution in [-0.2, 0) is 19.3 Å². The van der Waals surface area contributed by atoms with Gasteiger partial charge in [0.1, 0.15) is 0 Å². The molecular weight excluding hydrogens is 440 g/mol. The normalized spacial score (nSPS) is 18.5. The first-order chi connectivity index (χ1) is 15.0. The summed E-state index contributed by atoms with van der Waals surface area (Å²) in [4.78, 5) is 6.49. The highest BCUT2D eigenvalue weighted by Crippen LogP contribution is 2.39. The van der Waals surface area contributed by atoms with Gasteiger partial charge in [0.05, 0.1) is 18.1 Å². The highest BCUT2D eigenvalue weighted by atomic mass is 35.5. The number of benzene rings is 2. The summed E-state index contributed by atoms with van der Waals surface area (Å²) >= 11 is 5.99. The number of rotatable bonds is 4. The molecule has 5 rings (SSSR count). The van der Waals surface area contributed by atoms with E-state index in [0.29, 0.717) is 49.7 Å². The van der Waals surface area contributed by atoms with Gasteiger partial charge < -0.3 is 18.8 Å². The second-order valence-electron chi connectivity index (χ2n) is 7.55. The minimum absolute atomic E-state index is 0.0899. The van der Waals surface area contributed by atoms with Crippen LogP contribution in [0.4, 0.5) is 5.88 Å². The van der Waals surface area contributed by atoms with Crippen molar-refractivity contribution in [2.45, 2.75) is 28.6 Å². The smallest absolute Gasteiger partial charge is 0.236 e. The van der Waals surface area contributed by atoms with Crippen LogP contribution >= 0.6 is 11.6 Å². The quantitative estimate of drug-likeness (QED) is 0.577. The highest BCUT2D eigenvalue weighted by molar-refractivity contribution is 7.91. The van der Waals surface area contributed by atoms with E-state index in [1.54, 1.807) is 54.6 Å². The van der Waals surface area contributed by atoms with Crippen molar-refractivity contribution in [3.8, 4) is 11.5 Å². The first kappa shape index (κ1) is 20.5. The number of hydrogen-bond donors (Lipinski definition) is 0. The minimum Gasteiger partial charge on any atom is -0.419 e. The molecule has 2 aliphatic rings. The van der Waals surface area contributed by atoms with Crippen molar-refractivity contribution in [2.24, 2.45) is 0 Å². The zero-order valence-electron chi connectivity index (χ0n) is 16.7. The van der Waals surface area contributed by atoms with Crippen LogP contribution in [0.1, 0.15) is 12.8 Å². The summed E-state index contributed by atoms with van der Waals surface area (Å²) in [5.41, 5.74) is 0.649. The third kappa shape index (κ3) is 3.85. The Bertz CT molecular complexity index is 1160. The zero-order chi connectivity index (χ0) is 21.5. The van der Waals surface area contributed by atoms with Crippen LogP contribution in [0.25, 0.3) is 11.5 Å². The lowest BCUT2D eigenvalue weighted by Gasteiger charge is -2.37. The van der Waals surface area contributed by atoms with E-state index in [4.69, 9.17) is 25.5 Å². The van der Waals surface area contributed by atoms with Gasteiger partial charge in [-0.05, 0) is 36.4 Å². The average Bonchev–Trinajstić information content (AvgIpc) is 3.44. The molecule has 2 saturated heterocycles. The maximum absolute atomic E-state index is 13.4. The van der Waals surface area contributed by atoms with E-state index in [1.807, 2.05) is 4.90 Å². The van der Waals surface area contributed by atoms with Crippen LogP contribution in [0.3, 0.4) is 0 Å². The number of nitrogens with zero attached hydrogens (tertiary/aromatic N) is 2. The third-order valence-electron chi connectivity index (χ3n) is 5.60. The van der Waals surface area contributed by atoms with Crippen molar-refractivity contribution in [3.05, 3.63) is 59.6 Å². The number of piperidine rings is 1. The van der Waals surface area contributed by atoms with E-state index >= 15 is 0 Å². The van der Waals surface area contributed by atoms with E-state index in [2.05, 4.69) is 4.98 Å². The monoisotopic (exact) mass is 460 g/mol. The number of sulfone groups is 1. The highest BCUT2D eigenvalue weighted by Gasteiger charge is 2.42. The summed E-state index contributed by atoms with van der Waals surface area (Å²) in [6, 6.07) is 15.2. The Labute approximate surface area is 185 Å². The molecular formula is C22H21ClN2O5S. The summed E-state index contributed by atoms with van der Waals surface area (Å²) < 4.78 is 44.5. The number of aromatic nitrogens is 1. The Morgan fingerprint density at radius 1 is 0.935 bits per heavy atom. The number of anilines is 1. The number of oxazole rings is 1. The molecule has 0 bridgehead atoms. The van der Waals surface area contributed by atoms with E-state index in [0.717, 1.165) is 0 Å². The molecule has 0 radical (unpaired) electrons. The maximum Gasteiger partial charge on any atom is 0.236 e. The molecule has 31 heavy (non-hydrogen) atoms. The molecule has 0 unspecified atom stereocenters. The molecule has 3 heterocycles. The van der Waals surface area contributed by atoms with Gasteiger partial charge in [-0.1, -0.05) is 29.8 Å². The van der Waals surface area contributed by atoms with Gasteiger partial charge in [-0.15, -0.1) is 0 Å². The van der Waals surface area contributed by atoms with Crippen LogP contribution in [0.5, 0.6) is 0 Å². The van der Waals surface area contributed by atoms with E-state index < -0.39 is 15.6 Å². The fourth-order valence-electron chi connectivity index (χ4n) is 3.94. The fourth-order valence-corrected chi connectivity index (χ4v) is 5.40. The van der Waals surface area contributed by atoms with Crippen molar-refractivity contribution in [2.75, 3.05) is 31.2 Å². The number of hydrogen-bond acceptors (Lipinski definition) is 7. The molecule has 7 nitrogen and oxygen atoms in total. The summed E-state index contributed by atoms with van der Waals surface area (Å²) in [5.74, 6) is -0.106. The van der Waals surface area contributed by atoms with Crippen molar-refractivity contribution in [1.82, 2.24) is 4.98 Å². The molecule has 0 aliphatic carbocycles. The topological polar surface area (TPSA) is 81.9 Å². The second kappa shape index (κ2) is 7.94. The van der Waals surface area contributed by atoms with Crippen molar-refractivity contribution < 1.29 is 22.3 Å². The van der Waals surface area contributed by atoms with Crippen LogP contribution < -0.4 is 4.90 Å². The summed E-state index contributed by atoms with van der Waals surface area (Å²) in [5, 5.41) is 0.485. The molecule has 3 aromatic rings. The Balaban J connectivity index is 1.55. The average molecular weight is 461 g/mol. The molecule has 1 aromatic heterocycles. The molecule has 162 valence electrons. The molecule has 0 saturated carbocycles. The first-order valence-electron chi connectivity index (χ1n) is 10.1. The number of ether oxygens (including phenoxy) is 2. The van der Waals surface area contributed by atoms with Crippen LogP contribution in [0, 0.1) is 0 Å². The molecule has 0 N–H and O–H groups in total. The van der Waals surface area contributed by atoms with Crippen molar-refractivity contribution in [1.29, 1.82) is 0 Å². The van der Waals surface area contributed by atoms with Crippen molar-refractivity contribution >= 4 is 27.3 Å². The van der Waals surface area contributed by atoms with Gasteiger partial charge in [-0.25, -0.2) is 8.42 Å². The maximum atomic E-state index is 13.4. The van der Waals surface area contributed by atoms with Crippen LogP contribution in [-0.4, -0.2) is 45.5 Å². The Morgan fingerprint density at radius 3 is 2.23 bits per heavy atom. The second-order valence-corrected chi connectivity index (χ2v) is 9.85. The fraction of sp³-hybridized carbons (Fsp3) is 0.318. The van der Waals surface area contributed by atoms with Gasteiger partial charge in [0.15, 0.2) is 5.79 Å². The van der Waals surface area contributed by atoms with Gasteiger partial charge in [0, 0.05) is 36.5 Å². The van der Waals surface area contributed by atoms with Gasteiger partial charge in [-0.2, -0.15) is 4.98 Å². The zero-order valence-corrected chi connectivity index (χ0v) is 18.2. The first-order valence-corrected chi connectivity index (χ1v) is 11.9. The predicted molar refractivity (Wildman–Crippen MR) is 115 cm³/mol. The standard InChI is InChI=1S/C22H21ClN2O5S/c23-17-8-6-16(7-9-17)19-24-20(31(26,27)18-4-2-1-3-5-18)21(30-19)25-12-10-22(11-13-25)28-14-15-29-22/h1-9H,10-15H2. The summed E-state index contributed by atoms with van der Waals surface area (Å²) in [6.07, 6.45) is 1.24. The summed E-state index contributed by atoms with van der Waals surface area (Å²) in [6.45, 7) is 2.23. The van der Waals surface area contributed by atoms with Gasteiger partial charge in [-0.3, -0.25) is 0 Å². The van der Waals surface area contributed by atoms with E-state index in [9.17, 15) is 8.42 Å². The van der Waals surface area contributed by atoms with E-state index in [1.165, 1.54) is 0 Å². The Hall–Kier alpha value is -2.39. The molecule has 0 amide bonds. The van der Waals surface area contributed by atoms with Gasteiger partial charge in [0.25, 0.3) is 0 Å². The van der Waals surface area contributed by atoms with E-state index in [-0.39, 0.29) is 21.7 Å². The van der Waals surface area contributed by atoms with Gasteiger partial charge in [0.2, 0.25) is 26.6 Å². The third-order valence-corrected chi connectivity index (χ3v) is 7.52. The van der Waals surface area contributed by atoms with Crippen LogP contribution in [0.2, 0.25) is 5.02 Å². The molecule has 9 heteroatoms. The SMILES string of the molecule is O=S(=O)(c1ccccc1)c1nc(-c2ccc(Cl)cc2)oc1N1CCC2(CC1)OCCO2. The Kier molecular flexibility index (Phi) is 5.26. The lowest BCUT2D eigenvalue weighted by Crippen LogP contribution is -2.45. The Morgan fingerprint density at radius 2 is 1.58 bits per heavy atom. The molecule has 2 fully saturated rings. The molecule has 0 atom stereocenters. The largest absolute Gasteiger partial charge is 0.419 e. The minimum atomic E-state index is -3.88.